The van der Waals surface area contributed by atoms with Crippen LogP contribution in [0.2, 0.25) is 0 Å². The van der Waals surface area contributed by atoms with Gasteiger partial charge in [0.1, 0.15) is 5.52 Å². The molecular weight excluding hydrogens is 264 g/mol. The van der Waals surface area contributed by atoms with Gasteiger partial charge in [0.05, 0.1) is 11.1 Å². The Balaban J connectivity index is 1.95. The number of nitrogen functional groups attached to an aromatic ring is 1. The van der Waals surface area contributed by atoms with Crippen LogP contribution in [0.15, 0.2) is 48.8 Å². The van der Waals surface area contributed by atoms with E-state index in [-0.39, 0.29) is 5.91 Å². The smallest absolute Gasteiger partial charge is 0.257 e. The summed E-state index contributed by atoms with van der Waals surface area (Å²) in [5.74, 6) is -0.232. The molecule has 0 fully saturated rings. The molecule has 3 aromatic rings. The summed E-state index contributed by atoms with van der Waals surface area (Å²) in [6.07, 6.45) is 3.17. The van der Waals surface area contributed by atoms with Gasteiger partial charge >= 0.3 is 0 Å². The molecule has 0 aliphatic carbocycles. The van der Waals surface area contributed by atoms with Crippen LogP contribution in [0.4, 0.5) is 11.4 Å². The van der Waals surface area contributed by atoms with Gasteiger partial charge in [-0.3, -0.25) is 14.8 Å². The Labute approximate surface area is 121 Å². The highest BCUT2D eigenvalue weighted by atomic mass is 16.1. The molecule has 0 radical (unpaired) electrons. The molecule has 0 spiro atoms. The van der Waals surface area contributed by atoms with Gasteiger partial charge in [-0.15, -0.1) is 0 Å². The quantitative estimate of drug-likeness (QED) is 0.706. The number of anilines is 2. The van der Waals surface area contributed by atoms with E-state index in [0.29, 0.717) is 28.0 Å². The maximum absolute atomic E-state index is 12.4. The first-order valence-electron chi connectivity index (χ1n) is 6.52. The van der Waals surface area contributed by atoms with Crippen molar-refractivity contribution in [3.05, 3.63) is 59.9 Å². The van der Waals surface area contributed by atoms with Crippen molar-refractivity contribution < 1.29 is 4.79 Å². The van der Waals surface area contributed by atoms with Crippen LogP contribution in [0.5, 0.6) is 0 Å². The summed E-state index contributed by atoms with van der Waals surface area (Å²) in [5, 5.41) is 2.83. The molecule has 1 heterocycles. The van der Waals surface area contributed by atoms with Gasteiger partial charge in [-0.05, 0) is 36.8 Å². The van der Waals surface area contributed by atoms with Crippen LogP contribution in [0.25, 0.3) is 11.0 Å². The molecule has 3 N–H and O–H groups in total. The number of hydrogen-bond acceptors (Lipinski definition) is 4. The number of carbonyl (C=O) groups is 1. The normalized spacial score (nSPS) is 10.5. The van der Waals surface area contributed by atoms with Gasteiger partial charge in [0.25, 0.3) is 5.91 Å². The van der Waals surface area contributed by atoms with Gasteiger partial charge in [0.2, 0.25) is 0 Å². The predicted molar refractivity (Wildman–Crippen MR) is 83.1 cm³/mol. The van der Waals surface area contributed by atoms with Crippen molar-refractivity contribution in [3.63, 3.8) is 0 Å². The summed E-state index contributed by atoms with van der Waals surface area (Å²) in [5.41, 5.74) is 9.88. The largest absolute Gasteiger partial charge is 0.398 e. The van der Waals surface area contributed by atoms with E-state index in [2.05, 4.69) is 15.3 Å². The van der Waals surface area contributed by atoms with Gasteiger partial charge in [-0.2, -0.15) is 0 Å². The van der Waals surface area contributed by atoms with Gasteiger partial charge in [0, 0.05) is 23.8 Å². The lowest BCUT2D eigenvalue weighted by atomic mass is 10.1. The van der Waals surface area contributed by atoms with E-state index < -0.39 is 0 Å². The third-order valence-electron chi connectivity index (χ3n) is 3.28. The Hall–Kier alpha value is -2.95. The molecule has 0 aliphatic rings. The predicted octanol–water partition coefficient (Wildman–Crippen LogP) is 2.77. The number of nitrogens with two attached hydrogens (primary N) is 1. The second-order valence-corrected chi connectivity index (χ2v) is 4.76. The highest BCUT2D eigenvalue weighted by Gasteiger charge is 2.11. The van der Waals surface area contributed by atoms with Crippen molar-refractivity contribution in [1.82, 2.24) is 9.97 Å². The van der Waals surface area contributed by atoms with E-state index in [9.17, 15) is 4.79 Å². The van der Waals surface area contributed by atoms with Crippen LogP contribution in [0.1, 0.15) is 15.9 Å². The molecule has 1 aromatic heterocycles. The molecule has 0 aliphatic heterocycles. The fourth-order valence-corrected chi connectivity index (χ4v) is 2.09. The zero-order valence-electron chi connectivity index (χ0n) is 11.5. The Morgan fingerprint density at radius 3 is 2.76 bits per heavy atom. The molecule has 5 heteroatoms. The highest BCUT2D eigenvalue weighted by molar-refractivity contribution is 6.11. The average molecular weight is 278 g/mol. The molecule has 104 valence electrons. The lowest BCUT2D eigenvalue weighted by Crippen LogP contribution is -2.13. The summed E-state index contributed by atoms with van der Waals surface area (Å²) in [6, 6.07) is 10.8. The molecule has 0 saturated carbocycles. The van der Waals surface area contributed by atoms with E-state index in [1.807, 2.05) is 25.1 Å². The summed E-state index contributed by atoms with van der Waals surface area (Å²) in [6.45, 7) is 1.92. The van der Waals surface area contributed by atoms with E-state index in [1.54, 1.807) is 30.6 Å². The monoisotopic (exact) mass is 278 g/mol. The van der Waals surface area contributed by atoms with Crippen LogP contribution >= 0.6 is 0 Å². The second-order valence-electron chi connectivity index (χ2n) is 4.76. The van der Waals surface area contributed by atoms with Crippen LogP contribution in [-0.4, -0.2) is 15.9 Å². The molecule has 0 saturated heterocycles. The molecule has 1 amide bonds. The Morgan fingerprint density at radius 1 is 1.14 bits per heavy atom. The number of benzene rings is 2. The lowest BCUT2D eigenvalue weighted by Gasteiger charge is -2.08. The van der Waals surface area contributed by atoms with Crippen molar-refractivity contribution in [3.8, 4) is 0 Å². The molecule has 3 rings (SSSR count). The molecule has 0 bridgehead atoms. The highest BCUT2D eigenvalue weighted by Crippen LogP contribution is 2.19. The number of aromatic nitrogens is 2. The summed E-state index contributed by atoms with van der Waals surface area (Å²) in [4.78, 5) is 20.8. The molecule has 0 unspecified atom stereocenters. The molecule has 21 heavy (non-hydrogen) atoms. The minimum absolute atomic E-state index is 0.232. The fourth-order valence-electron chi connectivity index (χ4n) is 2.09. The van der Waals surface area contributed by atoms with Gasteiger partial charge in [0.15, 0.2) is 0 Å². The van der Waals surface area contributed by atoms with Crippen molar-refractivity contribution in [2.45, 2.75) is 6.92 Å². The maximum atomic E-state index is 12.4. The Kier molecular flexibility index (Phi) is 3.23. The first-order chi connectivity index (χ1) is 10.1. The number of nitrogens with one attached hydrogen (secondary N) is 1. The Bertz CT molecular complexity index is 824. The van der Waals surface area contributed by atoms with Gasteiger partial charge in [-0.25, -0.2) is 0 Å². The third-order valence-corrected chi connectivity index (χ3v) is 3.28. The van der Waals surface area contributed by atoms with E-state index in [1.165, 1.54) is 0 Å². The third kappa shape index (κ3) is 2.53. The van der Waals surface area contributed by atoms with E-state index >= 15 is 0 Å². The standard InChI is InChI=1S/C16H14N4O/c1-10-5-6-11(9-13(10)17)20-16(21)12-3-2-4-14-15(12)19-8-7-18-14/h2-9H,17H2,1H3,(H,20,21). The topological polar surface area (TPSA) is 80.9 Å². The van der Waals surface area contributed by atoms with Crippen LogP contribution in [0.3, 0.4) is 0 Å². The van der Waals surface area contributed by atoms with Crippen molar-refractivity contribution in [1.29, 1.82) is 0 Å². The number of para-hydroxylation sites is 1. The number of fused-ring (bicyclic) bond motifs is 1. The number of amides is 1. The second kappa shape index (κ2) is 5.20. The van der Waals surface area contributed by atoms with Crippen LogP contribution in [-0.2, 0) is 0 Å². The summed E-state index contributed by atoms with van der Waals surface area (Å²) < 4.78 is 0. The first kappa shape index (κ1) is 13.1. The number of hydrogen-bond donors (Lipinski definition) is 2. The number of carbonyl (C=O) groups excluding carboxylic acids is 1. The summed E-state index contributed by atoms with van der Waals surface area (Å²) >= 11 is 0. The number of aryl methyl sites for hydroxylation is 1. The van der Waals surface area contributed by atoms with Gasteiger partial charge < -0.3 is 11.1 Å². The SMILES string of the molecule is Cc1ccc(NC(=O)c2cccc3nccnc23)cc1N. The minimum atomic E-state index is -0.232. The van der Waals surface area contributed by atoms with Crippen LogP contribution in [0, 0.1) is 6.92 Å². The van der Waals surface area contributed by atoms with Crippen molar-refractivity contribution in [2.75, 3.05) is 11.1 Å². The van der Waals surface area contributed by atoms with E-state index in [0.717, 1.165) is 5.56 Å². The van der Waals surface area contributed by atoms with E-state index in [4.69, 9.17) is 5.73 Å². The zero-order valence-corrected chi connectivity index (χ0v) is 11.5. The van der Waals surface area contributed by atoms with Gasteiger partial charge in [-0.1, -0.05) is 12.1 Å². The van der Waals surface area contributed by atoms with Crippen molar-refractivity contribution >= 4 is 28.3 Å². The molecule has 2 aromatic carbocycles. The number of rotatable bonds is 2. The zero-order chi connectivity index (χ0) is 14.8. The van der Waals surface area contributed by atoms with Crippen molar-refractivity contribution in [2.24, 2.45) is 0 Å². The molecular formula is C16H14N4O. The number of nitrogens with zero attached hydrogens (tertiary/aromatic N) is 2. The average Bonchev–Trinajstić information content (AvgIpc) is 2.50. The van der Waals surface area contributed by atoms with Crippen LogP contribution < -0.4 is 11.1 Å². The maximum Gasteiger partial charge on any atom is 0.257 e. The Morgan fingerprint density at radius 2 is 1.95 bits per heavy atom. The summed E-state index contributed by atoms with van der Waals surface area (Å²) in [7, 11) is 0. The minimum Gasteiger partial charge on any atom is -0.398 e. The first-order valence-corrected chi connectivity index (χ1v) is 6.52. The lowest BCUT2D eigenvalue weighted by molar-refractivity contribution is 0.102. The molecule has 5 nitrogen and oxygen atoms in total. The fraction of sp³-hybridized carbons (Fsp3) is 0.0625. The molecule has 0 atom stereocenters.